The van der Waals surface area contributed by atoms with Gasteiger partial charge in [0.25, 0.3) is 0 Å². The van der Waals surface area contributed by atoms with Gasteiger partial charge in [-0.25, -0.2) is 4.79 Å². The molecule has 5 heteroatoms. The highest BCUT2D eigenvalue weighted by Gasteiger charge is 2.28. The van der Waals surface area contributed by atoms with Crippen LogP contribution in [-0.2, 0) is 9.53 Å². The van der Waals surface area contributed by atoms with Gasteiger partial charge >= 0.3 is 5.97 Å². The van der Waals surface area contributed by atoms with Gasteiger partial charge in [-0.05, 0) is 37.1 Å². The molecule has 1 atom stereocenters. The van der Waals surface area contributed by atoms with Gasteiger partial charge in [0.1, 0.15) is 6.04 Å². The topological polar surface area (TPSA) is 58.6 Å². The minimum Gasteiger partial charge on any atom is -0.462 e. The highest BCUT2D eigenvalue weighted by molar-refractivity contribution is 5.90. The fourth-order valence-corrected chi connectivity index (χ4v) is 2.14. The predicted molar refractivity (Wildman–Crippen MR) is 76.7 cm³/mol. The van der Waals surface area contributed by atoms with Gasteiger partial charge < -0.3 is 15.0 Å². The number of carbonyl (C=O) groups is 2. The van der Waals surface area contributed by atoms with E-state index in [1.165, 1.54) is 0 Å². The molecule has 1 unspecified atom stereocenters. The number of anilines is 1. The lowest BCUT2D eigenvalue weighted by atomic mass is 10.2. The number of nitrogens with zero attached hydrogens (tertiary/aromatic N) is 1. The number of nitrogens with one attached hydrogen (secondary N) is 1. The third kappa shape index (κ3) is 3.29. The minimum atomic E-state index is -0.310. The van der Waals surface area contributed by atoms with E-state index in [1.54, 1.807) is 36.2 Å². The number of amides is 1. The van der Waals surface area contributed by atoms with Gasteiger partial charge in [0.15, 0.2) is 0 Å². The van der Waals surface area contributed by atoms with Crippen LogP contribution in [-0.4, -0.2) is 43.0 Å². The summed E-state index contributed by atoms with van der Waals surface area (Å²) in [7, 11) is 1.80. The Kier molecular flexibility index (Phi) is 4.61. The summed E-state index contributed by atoms with van der Waals surface area (Å²) in [5.74, 6) is -0.202. The molecule has 0 bridgehead atoms. The van der Waals surface area contributed by atoms with E-state index in [-0.39, 0.29) is 17.9 Å². The molecule has 0 aromatic heterocycles. The maximum atomic E-state index is 11.8. The van der Waals surface area contributed by atoms with Crippen molar-refractivity contribution in [2.45, 2.75) is 25.8 Å². The summed E-state index contributed by atoms with van der Waals surface area (Å²) in [4.78, 5) is 25.2. The van der Waals surface area contributed by atoms with Crippen molar-refractivity contribution in [1.82, 2.24) is 4.90 Å². The first-order valence-corrected chi connectivity index (χ1v) is 6.90. The van der Waals surface area contributed by atoms with Crippen molar-refractivity contribution >= 4 is 17.6 Å². The summed E-state index contributed by atoms with van der Waals surface area (Å²) in [6.07, 6.45) is 1.61. The van der Waals surface area contributed by atoms with Crippen molar-refractivity contribution in [3.63, 3.8) is 0 Å². The van der Waals surface area contributed by atoms with E-state index in [2.05, 4.69) is 5.32 Å². The number of esters is 1. The summed E-state index contributed by atoms with van der Waals surface area (Å²) < 4.78 is 5.06. The average molecular weight is 276 g/mol. The molecule has 1 N–H and O–H groups in total. The molecule has 5 nitrogen and oxygen atoms in total. The maximum absolute atomic E-state index is 11.8. The van der Waals surface area contributed by atoms with E-state index in [0.717, 1.165) is 25.1 Å². The van der Waals surface area contributed by atoms with Gasteiger partial charge in [-0.15, -0.1) is 0 Å². The van der Waals surface area contributed by atoms with E-state index in [0.29, 0.717) is 12.2 Å². The number of likely N-dealkylation sites (tertiary alicyclic amines) is 1. The number of carbonyl (C=O) groups excluding carboxylic acids is 2. The quantitative estimate of drug-likeness (QED) is 0.834. The Labute approximate surface area is 118 Å². The molecular weight excluding hydrogens is 256 g/mol. The summed E-state index contributed by atoms with van der Waals surface area (Å²) in [5.41, 5.74) is 1.37. The molecule has 1 aliphatic heterocycles. The largest absolute Gasteiger partial charge is 0.462 e. The number of hydrogen-bond acceptors (Lipinski definition) is 4. The second-order valence-corrected chi connectivity index (χ2v) is 4.96. The molecule has 1 aromatic carbocycles. The molecule has 108 valence electrons. The molecule has 0 spiro atoms. The second kappa shape index (κ2) is 6.41. The monoisotopic (exact) mass is 276 g/mol. The van der Waals surface area contributed by atoms with Crippen molar-refractivity contribution in [3.8, 4) is 0 Å². The Morgan fingerprint density at radius 3 is 2.65 bits per heavy atom. The molecule has 20 heavy (non-hydrogen) atoms. The summed E-state index contributed by atoms with van der Waals surface area (Å²) >= 11 is 0. The van der Waals surface area contributed by atoms with Crippen molar-refractivity contribution in [3.05, 3.63) is 29.8 Å². The van der Waals surface area contributed by atoms with Crippen molar-refractivity contribution in [2.24, 2.45) is 0 Å². The zero-order valence-electron chi connectivity index (χ0n) is 11.9. The zero-order chi connectivity index (χ0) is 14.5. The first-order chi connectivity index (χ1) is 9.61. The highest BCUT2D eigenvalue weighted by Crippen LogP contribution is 2.17. The van der Waals surface area contributed by atoms with E-state index >= 15 is 0 Å². The SMILES string of the molecule is CCCOC(=O)c1ccc(NC2CCN(C)C2=O)cc1. The van der Waals surface area contributed by atoms with Crippen molar-refractivity contribution in [2.75, 3.05) is 25.5 Å². The molecular formula is C15H20N2O3. The molecule has 2 rings (SSSR count). The first-order valence-electron chi connectivity index (χ1n) is 6.90. The van der Waals surface area contributed by atoms with Crippen LogP contribution >= 0.6 is 0 Å². The average Bonchev–Trinajstić information content (AvgIpc) is 2.77. The molecule has 1 amide bonds. The summed E-state index contributed by atoms with van der Waals surface area (Å²) in [6.45, 7) is 3.16. The van der Waals surface area contributed by atoms with Gasteiger partial charge in [0.05, 0.1) is 12.2 Å². The predicted octanol–water partition coefficient (Wildman–Crippen LogP) is 1.90. The third-order valence-electron chi connectivity index (χ3n) is 3.33. The summed E-state index contributed by atoms with van der Waals surface area (Å²) in [5, 5.41) is 3.19. The minimum absolute atomic E-state index is 0.108. The van der Waals surface area contributed by atoms with Crippen LogP contribution in [0.1, 0.15) is 30.1 Å². The molecule has 0 aliphatic carbocycles. The fraction of sp³-hybridized carbons (Fsp3) is 0.467. The number of hydrogen-bond donors (Lipinski definition) is 1. The van der Waals surface area contributed by atoms with Crippen LogP contribution in [0.15, 0.2) is 24.3 Å². The molecule has 0 radical (unpaired) electrons. The Balaban J connectivity index is 1.95. The normalized spacial score (nSPS) is 18.2. The van der Waals surface area contributed by atoms with Gasteiger partial charge in [-0.3, -0.25) is 4.79 Å². The Morgan fingerprint density at radius 1 is 1.40 bits per heavy atom. The van der Waals surface area contributed by atoms with E-state index < -0.39 is 0 Å². The van der Waals surface area contributed by atoms with Gasteiger partial charge in [0.2, 0.25) is 5.91 Å². The summed E-state index contributed by atoms with van der Waals surface area (Å²) in [6, 6.07) is 6.85. The zero-order valence-corrected chi connectivity index (χ0v) is 11.9. The molecule has 1 heterocycles. The van der Waals surface area contributed by atoms with Crippen LogP contribution in [0.3, 0.4) is 0 Å². The number of likely N-dealkylation sites (N-methyl/N-ethyl adjacent to an activating group) is 1. The third-order valence-corrected chi connectivity index (χ3v) is 3.33. The lowest BCUT2D eigenvalue weighted by Gasteiger charge is -2.13. The van der Waals surface area contributed by atoms with Gasteiger partial charge in [-0.1, -0.05) is 6.92 Å². The smallest absolute Gasteiger partial charge is 0.338 e. The molecule has 1 aliphatic rings. The second-order valence-electron chi connectivity index (χ2n) is 4.96. The molecule has 1 fully saturated rings. The Morgan fingerprint density at radius 2 is 2.10 bits per heavy atom. The van der Waals surface area contributed by atoms with Gasteiger partial charge in [0, 0.05) is 19.3 Å². The van der Waals surface area contributed by atoms with Crippen LogP contribution in [0, 0.1) is 0 Å². The van der Waals surface area contributed by atoms with E-state index in [9.17, 15) is 9.59 Å². The maximum Gasteiger partial charge on any atom is 0.338 e. The van der Waals surface area contributed by atoms with Crippen molar-refractivity contribution < 1.29 is 14.3 Å². The highest BCUT2D eigenvalue weighted by atomic mass is 16.5. The van der Waals surface area contributed by atoms with Crippen molar-refractivity contribution in [1.29, 1.82) is 0 Å². The van der Waals surface area contributed by atoms with Gasteiger partial charge in [-0.2, -0.15) is 0 Å². The molecule has 1 saturated heterocycles. The van der Waals surface area contributed by atoms with Crippen LogP contribution in [0.4, 0.5) is 5.69 Å². The number of benzene rings is 1. The van der Waals surface area contributed by atoms with Crippen LogP contribution in [0.25, 0.3) is 0 Å². The standard InChI is InChI=1S/C15H20N2O3/c1-3-10-20-15(19)11-4-6-12(7-5-11)16-13-8-9-17(2)14(13)18/h4-7,13,16H,3,8-10H2,1-2H3. The number of ether oxygens (including phenoxy) is 1. The van der Waals surface area contributed by atoms with E-state index in [1.807, 2.05) is 6.92 Å². The first kappa shape index (κ1) is 14.4. The lowest BCUT2D eigenvalue weighted by Crippen LogP contribution is -2.30. The van der Waals surface area contributed by atoms with E-state index in [4.69, 9.17) is 4.74 Å². The number of rotatable bonds is 5. The molecule has 1 aromatic rings. The molecule has 0 saturated carbocycles. The lowest BCUT2D eigenvalue weighted by molar-refractivity contribution is -0.127. The van der Waals surface area contributed by atoms with Crippen LogP contribution < -0.4 is 5.32 Å². The Hall–Kier alpha value is -2.04. The Bertz CT molecular complexity index is 484. The fourth-order valence-electron chi connectivity index (χ4n) is 2.14. The van der Waals surface area contributed by atoms with Crippen LogP contribution in [0.5, 0.6) is 0 Å². The van der Waals surface area contributed by atoms with Crippen LogP contribution in [0.2, 0.25) is 0 Å².